The fraction of sp³-hybridized carbons (Fsp3) is 0.467. The number of nitro groups is 1. The zero-order chi connectivity index (χ0) is 15.1. The molecule has 0 radical (unpaired) electrons. The van der Waals surface area contributed by atoms with E-state index in [2.05, 4.69) is 19.2 Å². The predicted octanol–water partition coefficient (Wildman–Crippen LogP) is 3.77. The molecule has 0 fully saturated rings. The lowest BCUT2D eigenvalue weighted by atomic mass is 10.1. The highest BCUT2D eigenvalue weighted by Gasteiger charge is 2.09. The van der Waals surface area contributed by atoms with Gasteiger partial charge in [0, 0.05) is 24.2 Å². The summed E-state index contributed by atoms with van der Waals surface area (Å²) in [4.78, 5) is 10.2. The molecule has 5 heteroatoms. The van der Waals surface area contributed by atoms with E-state index in [9.17, 15) is 14.5 Å². The van der Waals surface area contributed by atoms with Crippen molar-refractivity contribution in [2.45, 2.75) is 27.2 Å². The molecule has 0 spiro atoms. The number of nitro benzene ring substituents is 1. The van der Waals surface area contributed by atoms with Crippen molar-refractivity contribution in [3.05, 3.63) is 45.3 Å². The second-order valence-corrected chi connectivity index (χ2v) is 5.14. The van der Waals surface area contributed by atoms with Crippen LogP contribution in [0.15, 0.2) is 23.8 Å². The van der Waals surface area contributed by atoms with Gasteiger partial charge in [-0.1, -0.05) is 32.4 Å². The van der Waals surface area contributed by atoms with Gasteiger partial charge in [-0.05, 0) is 24.9 Å². The van der Waals surface area contributed by atoms with E-state index in [0.29, 0.717) is 12.5 Å². The highest BCUT2D eigenvalue weighted by molar-refractivity contribution is 5.57. The number of hydrogen-bond donors (Lipinski definition) is 1. The first-order chi connectivity index (χ1) is 9.43. The summed E-state index contributed by atoms with van der Waals surface area (Å²) in [6.45, 7) is 7.76. The molecule has 0 unspecified atom stereocenters. The Morgan fingerprint density at radius 3 is 2.75 bits per heavy atom. The van der Waals surface area contributed by atoms with E-state index in [1.54, 1.807) is 6.08 Å². The first-order valence-electron chi connectivity index (χ1n) is 6.78. The zero-order valence-corrected chi connectivity index (χ0v) is 12.1. The van der Waals surface area contributed by atoms with E-state index in [1.807, 2.05) is 6.92 Å². The SMILES string of the molecule is CC/C(=C/c1cc([N+](=O)[O-])ccc1F)CNCC(C)C. The highest BCUT2D eigenvalue weighted by atomic mass is 19.1. The summed E-state index contributed by atoms with van der Waals surface area (Å²) in [5.41, 5.74) is 1.19. The maximum atomic E-state index is 13.7. The van der Waals surface area contributed by atoms with E-state index in [-0.39, 0.29) is 11.3 Å². The lowest BCUT2D eigenvalue weighted by Crippen LogP contribution is -2.21. The first-order valence-corrected chi connectivity index (χ1v) is 6.78. The van der Waals surface area contributed by atoms with Gasteiger partial charge in [0.05, 0.1) is 4.92 Å². The monoisotopic (exact) mass is 280 g/mol. The number of nitrogens with one attached hydrogen (secondary N) is 1. The fourth-order valence-electron chi connectivity index (χ4n) is 1.77. The first kappa shape index (κ1) is 16.3. The molecule has 4 nitrogen and oxygen atoms in total. The van der Waals surface area contributed by atoms with E-state index in [4.69, 9.17) is 0 Å². The van der Waals surface area contributed by atoms with Crippen molar-refractivity contribution < 1.29 is 9.31 Å². The molecule has 0 heterocycles. The molecule has 110 valence electrons. The van der Waals surface area contributed by atoms with Crippen LogP contribution in [-0.2, 0) is 0 Å². The van der Waals surface area contributed by atoms with Crippen LogP contribution in [-0.4, -0.2) is 18.0 Å². The molecule has 0 aliphatic carbocycles. The van der Waals surface area contributed by atoms with Gasteiger partial charge >= 0.3 is 0 Å². The highest BCUT2D eigenvalue weighted by Crippen LogP contribution is 2.20. The van der Waals surface area contributed by atoms with Crippen LogP contribution in [0.1, 0.15) is 32.8 Å². The average Bonchev–Trinajstić information content (AvgIpc) is 2.39. The third-order valence-corrected chi connectivity index (χ3v) is 2.91. The number of halogens is 1. The maximum Gasteiger partial charge on any atom is 0.270 e. The van der Waals surface area contributed by atoms with Crippen LogP contribution in [0, 0.1) is 21.8 Å². The summed E-state index contributed by atoms with van der Waals surface area (Å²) in [6, 6.07) is 3.58. The van der Waals surface area contributed by atoms with Crippen LogP contribution in [0.25, 0.3) is 6.08 Å². The Morgan fingerprint density at radius 2 is 2.20 bits per heavy atom. The Labute approximate surface area is 118 Å². The van der Waals surface area contributed by atoms with Crippen molar-refractivity contribution in [1.82, 2.24) is 5.32 Å². The molecule has 1 aromatic rings. The Kier molecular flexibility index (Phi) is 6.31. The minimum absolute atomic E-state index is 0.0942. The molecule has 0 bridgehead atoms. The number of nitrogens with zero attached hydrogens (tertiary/aromatic N) is 1. The lowest BCUT2D eigenvalue weighted by Gasteiger charge is -2.09. The standard InChI is InChI=1S/C15H21FN2O2/c1-4-12(10-17-9-11(2)3)7-13-8-14(18(19)20)5-6-15(13)16/h5-8,11,17H,4,9-10H2,1-3H3/b12-7-. The van der Waals surface area contributed by atoms with Gasteiger partial charge in [0.15, 0.2) is 0 Å². The molecular formula is C15H21FN2O2. The van der Waals surface area contributed by atoms with Gasteiger partial charge in [0.25, 0.3) is 5.69 Å². The van der Waals surface area contributed by atoms with Crippen LogP contribution in [0.3, 0.4) is 0 Å². The van der Waals surface area contributed by atoms with Crippen molar-refractivity contribution >= 4 is 11.8 Å². The van der Waals surface area contributed by atoms with Gasteiger partial charge < -0.3 is 5.32 Å². The number of non-ortho nitro benzene ring substituents is 1. The largest absolute Gasteiger partial charge is 0.313 e. The van der Waals surface area contributed by atoms with Gasteiger partial charge in [0.2, 0.25) is 0 Å². The summed E-state index contributed by atoms with van der Waals surface area (Å²) >= 11 is 0. The second kappa shape index (κ2) is 7.75. The van der Waals surface area contributed by atoms with Crippen molar-refractivity contribution in [2.75, 3.05) is 13.1 Å². The number of benzene rings is 1. The van der Waals surface area contributed by atoms with Gasteiger partial charge in [-0.15, -0.1) is 0 Å². The minimum atomic E-state index is -0.514. The Bertz CT molecular complexity index is 499. The summed E-state index contributed by atoms with van der Waals surface area (Å²) in [7, 11) is 0. The van der Waals surface area contributed by atoms with Crippen LogP contribution < -0.4 is 5.32 Å². The van der Waals surface area contributed by atoms with Crippen LogP contribution in [0.4, 0.5) is 10.1 Å². The molecule has 0 saturated carbocycles. The maximum absolute atomic E-state index is 13.7. The summed E-state index contributed by atoms with van der Waals surface area (Å²) in [6.07, 6.45) is 2.46. The molecule has 20 heavy (non-hydrogen) atoms. The third-order valence-electron chi connectivity index (χ3n) is 2.91. The second-order valence-electron chi connectivity index (χ2n) is 5.14. The molecule has 0 aromatic heterocycles. The molecule has 0 aliphatic rings. The predicted molar refractivity (Wildman–Crippen MR) is 79.0 cm³/mol. The Morgan fingerprint density at radius 1 is 1.50 bits per heavy atom. The minimum Gasteiger partial charge on any atom is -0.313 e. The van der Waals surface area contributed by atoms with Gasteiger partial charge in [-0.25, -0.2) is 4.39 Å². The van der Waals surface area contributed by atoms with Gasteiger partial charge in [-0.2, -0.15) is 0 Å². The van der Waals surface area contributed by atoms with Crippen LogP contribution >= 0.6 is 0 Å². The van der Waals surface area contributed by atoms with E-state index in [1.165, 1.54) is 12.1 Å². The van der Waals surface area contributed by atoms with E-state index in [0.717, 1.165) is 24.6 Å². The summed E-state index contributed by atoms with van der Waals surface area (Å²) < 4.78 is 13.7. The van der Waals surface area contributed by atoms with E-state index >= 15 is 0 Å². The molecule has 0 amide bonds. The molecule has 0 aliphatic heterocycles. The topological polar surface area (TPSA) is 55.2 Å². The zero-order valence-electron chi connectivity index (χ0n) is 12.1. The Hall–Kier alpha value is -1.75. The quantitative estimate of drug-likeness (QED) is 0.611. The molecule has 1 rings (SSSR count). The van der Waals surface area contributed by atoms with Gasteiger partial charge in [0.1, 0.15) is 5.82 Å². The van der Waals surface area contributed by atoms with Crippen molar-refractivity contribution in [1.29, 1.82) is 0 Å². The summed E-state index contributed by atoms with van der Waals surface area (Å²) in [5.74, 6) is 0.105. The third kappa shape index (κ3) is 5.09. The van der Waals surface area contributed by atoms with Crippen molar-refractivity contribution in [2.24, 2.45) is 5.92 Å². The van der Waals surface area contributed by atoms with E-state index < -0.39 is 10.7 Å². The molecule has 0 atom stereocenters. The Balaban J connectivity index is 2.88. The lowest BCUT2D eigenvalue weighted by molar-refractivity contribution is -0.384. The van der Waals surface area contributed by atoms with Crippen molar-refractivity contribution in [3.63, 3.8) is 0 Å². The normalized spacial score (nSPS) is 11.9. The molecular weight excluding hydrogens is 259 g/mol. The smallest absolute Gasteiger partial charge is 0.270 e. The molecule has 1 N–H and O–H groups in total. The van der Waals surface area contributed by atoms with Gasteiger partial charge in [-0.3, -0.25) is 10.1 Å². The number of rotatable bonds is 7. The average molecular weight is 280 g/mol. The fourth-order valence-corrected chi connectivity index (χ4v) is 1.77. The van der Waals surface area contributed by atoms with Crippen LogP contribution in [0.2, 0.25) is 0 Å². The molecule has 1 aromatic carbocycles. The van der Waals surface area contributed by atoms with Crippen LogP contribution in [0.5, 0.6) is 0 Å². The molecule has 0 saturated heterocycles. The summed E-state index contributed by atoms with van der Waals surface area (Å²) in [5, 5.41) is 14.0. The van der Waals surface area contributed by atoms with Crippen molar-refractivity contribution in [3.8, 4) is 0 Å². The number of hydrogen-bond acceptors (Lipinski definition) is 3.